The minimum Gasteiger partial charge on any atom is -0.490 e. The lowest BCUT2D eigenvalue weighted by molar-refractivity contribution is 0.159. The van der Waals surface area contributed by atoms with Crippen LogP contribution in [0.3, 0.4) is 0 Å². The Kier molecular flexibility index (Phi) is 7.57. The molecule has 1 aliphatic rings. The van der Waals surface area contributed by atoms with Gasteiger partial charge in [0.1, 0.15) is 7.85 Å². The van der Waals surface area contributed by atoms with Gasteiger partial charge in [-0.05, 0) is 75.6 Å². The lowest BCUT2D eigenvalue weighted by atomic mass is 9.73. The maximum absolute atomic E-state index is 12.9. The molecule has 0 aliphatic carbocycles. The Morgan fingerprint density at radius 1 is 1.05 bits per heavy atom. The first-order valence-electron chi connectivity index (χ1n) is 13.0. The monoisotopic (exact) mass is 516 g/mol. The van der Waals surface area contributed by atoms with Crippen molar-refractivity contribution in [3.05, 3.63) is 94.5 Å². The van der Waals surface area contributed by atoms with Crippen molar-refractivity contribution >= 4 is 7.85 Å². The first kappa shape index (κ1) is 26.3. The average molecular weight is 516 g/mol. The van der Waals surface area contributed by atoms with E-state index in [2.05, 4.69) is 33.1 Å². The van der Waals surface area contributed by atoms with Crippen LogP contribution in [0.15, 0.2) is 77.9 Å². The van der Waals surface area contributed by atoms with Crippen molar-refractivity contribution in [2.24, 2.45) is 5.92 Å². The second kappa shape index (κ2) is 11.2. The first-order chi connectivity index (χ1) is 18.8. The van der Waals surface area contributed by atoms with E-state index >= 15 is 0 Å². The zero-order chi connectivity index (χ0) is 27.4. The molecule has 1 unspecified atom stereocenters. The molecule has 39 heavy (non-hydrogen) atoms. The number of nitriles is 1. The van der Waals surface area contributed by atoms with Crippen LogP contribution in [-0.2, 0) is 5.44 Å². The van der Waals surface area contributed by atoms with Gasteiger partial charge in [0.2, 0.25) is 0 Å². The highest BCUT2D eigenvalue weighted by atomic mass is 16.5. The third kappa shape index (κ3) is 5.92. The van der Waals surface area contributed by atoms with Gasteiger partial charge in [0.25, 0.3) is 5.56 Å². The third-order valence-electron chi connectivity index (χ3n) is 7.18. The fourth-order valence-electron chi connectivity index (χ4n) is 4.72. The van der Waals surface area contributed by atoms with Crippen molar-refractivity contribution in [2.45, 2.75) is 25.2 Å². The Labute approximate surface area is 229 Å². The predicted octanol–water partition coefficient (Wildman–Crippen LogP) is 3.85. The molecule has 9 heteroatoms. The Hall–Kier alpha value is -4.29. The third-order valence-corrected chi connectivity index (χ3v) is 7.18. The van der Waals surface area contributed by atoms with Crippen molar-refractivity contribution in [3.8, 4) is 34.5 Å². The Morgan fingerprint density at radius 3 is 2.51 bits per heavy atom. The number of hydrogen-bond acceptors (Lipinski definition) is 7. The molecule has 1 saturated heterocycles. The first-order valence-corrected chi connectivity index (χ1v) is 13.0. The largest absolute Gasteiger partial charge is 0.490 e. The quantitative estimate of drug-likeness (QED) is 0.344. The van der Waals surface area contributed by atoms with Crippen LogP contribution in [0.4, 0.5) is 0 Å². The molecule has 3 heterocycles. The summed E-state index contributed by atoms with van der Waals surface area (Å²) in [6.45, 7) is 4.59. The molecule has 2 aromatic carbocycles. The summed E-state index contributed by atoms with van der Waals surface area (Å²) >= 11 is 0. The van der Waals surface area contributed by atoms with Gasteiger partial charge in [0.05, 0.1) is 36.3 Å². The lowest BCUT2D eigenvalue weighted by Crippen LogP contribution is -2.41. The van der Waals surface area contributed by atoms with Crippen LogP contribution in [0.25, 0.3) is 22.6 Å². The van der Waals surface area contributed by atoms with Gasteiger partial charge in [0, 0.05) is 22.6 Å². The molecule has 0 bridgehead atoms. The second-order valence-corrected chi connectivity index (χ2v) is 10.2. The number of piperidine rings is 1. The molecule has 5 rings (SSSR count). The van der Waals surface area contributed by atoms with Crippen molar-refractivity contribution in [1.82, 2.24) is 24.6 Å². The number of ether oxygens (including phenoxy) is 1. The summed E-state index contributed by atoms with van der Waals surface area (Å²) < 4.78 is 7.22. The molecule has 1 aliphatic heterocycles. The van der Waals surface area contributed by atoms with Gasteiger partial charge in [-0.25, -0.2) is 14.6 Å². The standard InChI is InChI=1S/C30H29BN6O2/c1-30(31,37-28(38)10-9-27(35-37)23-6-3-5-22(15-23)17-32)25-8-4-7-24(16-25)29-33-18-26(19-34-29)39-20-21-11-13-36(2)14-12-21/h3-10,15-16,18-19,21H,11-14,20H2,1-2H3. The van der Waals surface area contributed by atoms with Gasteiger partial charge >= 0.3 is 0 Å². The number of benzene rings is 2. The van der Waals surface area contributed by atoms with Crippen LogP contribution in [-0.4, -0.2) is 59.2 Å². The summed E-state index contributed by atoms with van der Waals surface area (Å²) in [5.74, 6) is 1.72. The van der Waals surface area contributed by atoms with Gasteiger partial charge in [0.15, 0.2) is 11.6 Å². The summed E-state index contributed by atoms with van der Waals surface area (Å²) in [6, 6.07) is 19.7. The molecule has 2 radical (unpaired) electrons. The minimum atomic E-state index is -1.26. The molecule has 8 nitrogen and oxygen atoms in total. The molecule has 0 spiro atoms. The van der Waals surface area contributed by atoms with E-state index in [-0.39, 0.29) is 5.56 Å². The zero-order valence-electron chi connectivity index (χ0n) is 22.1. The van der Waals surface area contributed by atoms with Crippen molar-refractivity contribution in [2.75, 3.05) is 26.7 Å². The molecule has 2 aromatic heterocycles. The fourth-order valence-corrected chi connectivity index (χ4v) is 4.72. The molecule has 0 saturated carbocycles. The van der Waals surface area contributed by atoms with Crippen molar-refractivity contribution < 1.29 is 4.74 Å². The van der Waals surface area contributed by atoms with E-state index in [9.17, 15) is 10.1 Å². The molecule has 0 N–H and O–H groups in total. The molecule has 194 valence electrons. The number of rotatable bonds is 7. The van der Waals surface area contributed by atoms with Gasteiger partial charge in [-0.3, -0.25) is 4.79 Å². The minimum absolute atomic E-state index is 0.340. The normalized spacial score (nSPS) is 15.8. The van der Waals surface area contributed by atoms with Crippen molar-refractivity contribution in [3.63, 3.8) is 0 Å². The average Bonchev–Trinajstić information content (AvgIpc) is 2.97. The molecule has 0 amide bonds. The maximum atomic E-state index is 12.9. The molecule has 1 fully saturated rings. The van der Waals surface area contributed by atoms with E-state index in [4.69, 9.17) is 12.6 Å². The van der Waals surface area contributed by atoms with E-state index in [0.717, 1.165) is 37.1 Å². The van der Waals surface area contributed by atoms with E-state index in [1.54, 1.807) is 43.6 Å². The number of hydrogen-bond donors (Lipinski definition) is 0. The van der Waals surface area contributed by atoms with Crippen molar-refractivity contribution in [1.29, 1.82) is 5.26 Å². The number of nitrogens with zero attached hydrogens (tertiary/aromatic N) is 6. The lowest BCUT2D eigenvalue weighted by Gasteiger charge is -2.28. The van der Waals surface area contributed by atoms with Crippen LogP contribution in [0.1, 0.15) is 30.9 Å². The topological polar surface area (TPSA) is 96.9 Å². The highest BCUT2D eigenvalue weighted by molar-refractivity contribution is 6.15. The molecule has 4 aromatic rings. The van der Waals surface area contributed by atoms with E-state index in [1.807, 2.05) is 30.3 Å². The fraction of sp³-hybridized carbons (Fsp3) is 0.300. The van der Waals surface area contributed by atoms with Crippen LogP contribution < -0.4 is 10.3 Å². The summed E-state index contributed by atoms with van der Waals surface area (Å²) in [6.07, 6.45) is 5.65. The van der Waals surface area contributed by atoms with E-state index in [1.165, 1.54) is 10.7 Å². The second-order valence-electron chi connectivity index (χ2n) is 10.2. The summed E-state index contributed by atoms with van der Waals surface area (Å²) in [5, 5.41) is 13.8. The van der Waals surface area contributed by atoms with Crippen LogP contribution in [0.2, 0.25) is 0 Å². The number of likely N-dealkylation sites (tertiary alicyclic amines) is 1. The Bertz CT molecular complexity index is 1550. The highest BCUT2D eigenvalue weighted by Gasteiger charge is 2.26. The predicted molar refractivity (Wildman–Crippen MR) is 150 cm³/mol. The summed E-state index contributed by atoms with van der Waals surface area (Å²) in [7, 11) is 8.89. The SMILES string of the molecule is [B]C(C)(c1cccc(-c2ncc(OCC3CCN(C)CC3)cn2)c1)n1nc(-c2cccc(C#N)c2)ccc1=O. The van der Waals surface area contributed by atoms with Gasteiger partial charge < -0.3 is 9.64 Å². The molecular weight excluding hydrogens is 487 g/mol. The van der Waals surface area contributed by atoms with Gasteiger partial charge in [-0.1, -0.05) is 30.3 Å². The van der Waals surface area contributed by atoms with Gasteiger partial charge in [-0.2, -0.15) is 10.4 Å². The number of aromatic nitrogens is 4. The maximum Gasteiger partial charge on any atom is 0.266 e. The van der Waals surface area contributed by atoms with Crippen LogP contribution in [0.5, 0.6) is 5.75 Å². The molecular formula is C30H29BN6O2. The van der Waals surface area contributed by atoms with E-state index < -0.39 is 5.44 Å². The Balaban J connectivity index is 1.36. The summed E-state index contributed by atoms with van der Waals surface area (Å²) in [5.41, 5.74) is 1.60. The van der Waals surface area contributed by atoms with Crippen LogP contribution >= 0.6 is 0 Å². The van der Waals surface area contributed by atoms with Gasteiger partial charge in [-0.15, -0.1) is 0 Å². The van der Waals surface area contributed by atoms with E-state index in [0.29, 0.717) is 40.9 Å². The smallest absolute Gasteiger partial charge is 0.266 e. The molecule has 1 atom stereocenters. The van der Waals surface area contributed by atoms with Crippen LogP contribution in [0, 0.1) is 17.2 Å². The zero-order valence-corrected chi connectivity index (χ0v) is 22.1. The Morgan fingerprint density at radius 2 is 1.77 bits per heavy atom. The summed E-state index contributed by atoms with van der Waals surface area (Å²) in [4.78, 5) is 24.2. The highest BCUT2D eigenvalue weighted by Crippen LogP contribution is 2.27.